The van der Waals surface area contributed by atoms with E-state index in [0.29, 0.717) is 11.0 Å². The number of carboxylic acid groups (broad SMARTS) is 1. The largest absolute Gasteiger partial charge is 0.480 e. The predicted octanol–water partition coefficient (Wildman–Crippen LogP) is 1.73. The van der Waals surface area contributed by atoms with Gasteiger partial charge in [-0.25, -0.2) is 9.59 Å². The second-order valence-corrected chi connectivity index (χ2v) is 4.66. The van der Waals surface area contributed by atoms with Crippen molar-refractivity contribution in [3.8, 4) is 0 Å². The number of likely N-dealkylation sites (N-methyl/N-ethyl adjacent to an activating group) is 1. The maximum atomic E-state index is 12.3. The highest BCUT2D eigenvalue weighted by molar-refractivity contribution is 5.98. The molecule has 0 aliphatic carbocycles. The van der Waals surface area contributed by atoms with Gasteiger partial charge in [0.2, 0.25) is 0 Å². The van der Waals surface area contributed by atoms with E-state index in [0.717, 1.165) is 4.90 Å². The molecule has 21 heavy (non-hydrogen) atoms. The Labute approximate surface area is 120 Å². The fourth-order valence-electron chi connectivity index (χ4n) is 2.16. The van der Waals surface area contributed by atoms with Crippen LogP contribution in [0.3, 0.4) is 0 Å². The maximum Gasteiger partial charge on any atom is 0.349 e. The van der Waals surface area contributed by atoms with E-state index in [1.807, 2.05) is 0 Å². The van der Waals surface area contributed by atoms with Crippen molar-refractivity contribution in [1.29, 1.82) is 0 Å². The number of carboxylic acids is 1. The molecule has 2 rings (SSSR count). The summed E-state index contributed by atoms with van der Waals surface area (Å²) in [5, 5.41) is 9.69. The molecule has 1 aromatic heterocycles. The van der Waals surface area contributed by atoms with Crippen LogP contribution in [0.2, 0.25) is 0 Å². The maximum absolute atomic E-state index is 12.3. The summed E-state index contributed by atoms with van der Waals surface area (Å²) in [5.41, 5.74) is -0.561. The Bertz CT molecular complexity index is 749. The molecule has 0 fully saturated rings. The first-order valence-electron chi connectivity index (χ1n) is 6.48. The normalized spacial score (nSPS) is 12.1. The Morgan fingerprint density at radius 3 is 2.62 bits per heavy atom. The monoisotopic (exact) mass is 289 g/mol. The van der Waals surface area contributed by atoms with E-state index >= 15 is 0 Å². The molecule has 6 heteroatoms. The summed E-state index contributed by atoms with van der Waals surface area (Å²) >= 11 is 0. The third kappa shape index (κ3) is 2.79. The Hall–Kier alpha value is -2.63. The number of carbonyl (C=O) groups excluding carboxylic acids is 1. The average Bonchev–Trinajstić information content (AvgIpc) is 2.46. The van der Waals surface area contributed by atoms with Gasteiger partial charge < -0.3 is 14.4 Å². The van der Waals surface area contributed by atoms with Crippen molar-refractivity contribution in [2.24, 2.45) is 0 Å². The summed E-state index contributed by atoms with van der Waals surface area (Å²) in [5.74, 6) is -1.78. The number of nitrogens with zero attached hydrogens (tertiary/aromatic N) is 1. The van der Waals surface area contributed by atoms with E-state index in [2.05, 4.69) is 0 Å². The summed E-state index contributed by atoms with van der Waals surface area (Å²) in [4.78, 5) is 36.4. The highest BCUT2D eigenvalue weighted by Crippen LogP contribution is 2.14. The Morgan fingerprint density at radius 2 is 2.00 bits per heavy atom. The lowest BCUT2D eigenvalue weighted by Crippen LogP contribution is -2.43. The Balaban J connectivity index is 2.46. The average molecular weight is 289 g/mol. The molecular formula is C15H15NO5. The molecule has 1 heterocycles. The number of rotatable bonds is 4. The van der Waals surface area contributed by atoms with Gasteiger partial charge in [0, 0.05) is 12.4 Å². The summed E-state index contributed by atoms with van der Waals surface area (Å²) < 4.78 is 5.09. The van der Waals surface area contributed by atoms with Gasteiger partial charge in [-0.2, -0.15) is 0 Å². The quantitative estimate of drug-likeness (QED) is 0.866. The number of para-hydroxylation sites is 1. The Morgan fingerprint density at radius 1 is 1.33 bits per heavy atom. The van der Waals surface area contributed by atoms with Gasteiger partial charge in [-0.3, -0.25) is 4.79 Å². The van der Waals surface area contributed by atoms with Crippen LogP contribution in [0, 0.1) is 0 Å². The van der Waals surface area contributed by atoms with Crippen molar-refractivity contribution >= 4 is 22.8 Å². The lowest BCUT2D eigenvalue weighted by molar-refractivity contribution is -0.142. The number of hydrogen-bond acceptors (Lipinski definition) is 4. The molecule has 110 valence electrons. The van der Waals surface area contributed by atoms with Gasteiger partial charge in [0.15, 0.2) is 0 Å². The van der Waals surface area contributed by atoms with Gasteiger partial charge in [-0.15, -0.1) is 0 Å². The van der Waals surface area contributed by atoms with Crippen LogP contribution in [0.25, 0.3) is 11.0 Å². The first-order chi connectivity index (χ1) is 9.95. The fraction of sp³-hybridized carbons (Fsp3) is 0.267. The number of benzene rings is 1. The number of aliphatic carboxylic acids is 1. The third-order valence-corrected chi connectivity index (χ3v) is 3.33. The minimum Gasteiger partial charge on any atom is -0.480 e. The molecule has 1 atom stereocenters. The minimum atomic E-state index is -1.11. The molecule has 1 unspecified atom stereocenters. The van der Waals surface area contributed by atoms with Crippen LogP contribution in [-0.4, -0.2) is 35.0 Å². The molecule has 1 aromatic carbocycles. The van der Waals surface area contributed by atoms with Crippen molar-refractivity contribution in [3.05, 3.63) is 46.3 Å². The first-order valence-corrected chi connectivity index (χ1v) is 6.48. The van der Waals surface area contributed by atoms with Crippen LogP contribution in [0.1, 0.15) is 23.7 Å². The van der Waals surface area contributed by atoms with Gasteiger partial charge in [0.1, 0.15) is 17.2 Å². The van der Waals surface area contributed by atoms with E-state index in [-0.39, 0.29) is 12.0 Å². The number of fused-ring (bicyclic) bond motifs is 1. The van der Waals surface area contributed by atoms with Crippen molar-refractivity contribution in [1.82, 2.24) is 4.90 Å². The molecule has 6 nitrogen and oxygen atoms in total. The second-order valence-electron chi connectivity index (χ2n) is 4.66. The smallest absolute Gasteiger partial charge is 0.349 e. The van der Waals surface area contributed by atoms with Gasteiger partial charge in [0.05, 0.1) is 0 Å². The zero-order valence-electron chi connectivity index (χ0n) is 11.7. The molecule has 1 N–H and O–H groups in total. The van der Waals surface area contributed by atoms with Crippen molar-refractivity contribution in [2.75, 3.05) is 7.05 Å². The molecule has 0 saturated carbocycles. The van der Waals surface area contributed by atoms with Gasteiger partial charge in [-0.1, -0.05) is 25.1 Å². The van der Waals surface area contributed by atoms with Crippen LogP contribution in [0.15, 0.2) is 39.5 Å². The molecule has 0 bridgehead atoms. The van der Waals surface area contributed by atoms with Crippen LogP contribution < -0.4 is 5.63 Å². The predicted molar refractivity (Wildman–Crippen MR) is 76.3 cm³/mol. The van der Waals surface area contributed by atoms with Crippen LogP contribution in [-0.2, 0) is 4.79 Å². The lowest BCUT2D eigenvalue weighted by atomic mass is 10.1. The molecule has 1 amide bonds. The third-order valence-electron chi connectivity index (χ3n) is 3.33. The standard InChI is InChI=1S/C15H15NO5/c1-3-11(14(18)19)16(2)13(17)10-8-9-6-4-5-7-12(9)21-15(10)20/h4-8,11H,3H2,1-2H3,(H,18,19). The molecular weight excluding hydrogens is 274 g/mol. The van der Waals surface area contributed by atoms with Crippen molar-refractivity contribution in [2.45, 2.75) is 19.4 Å². The van der Waals surface area contributed by atoms with E-state index < -0.39 is 23.5 Å². The van der Waals surface area contributed by atoms with Crippen LogP contribution >= 0.6 is 0 Å². The number of hydrogen-bond donors (Lipinski definition) is 1. The molecule has 0 saturated heterocycles. The zero-order chi connectivity index (χ0) is 15.6. The zero-order valence-corrected chi connectivity index (χ0v) is 11.7. The van der Waals surface area contributed by atoms with Crippen molar-refractivity contribution < 1.29 is 19.1 Å². The minimum absolute atomic E-state index is 0.170. The van der Waals surface area contributed by atoms with E-state index in [9.17, 15) is 14.4 Å². The highest BCUT2D eigenvalue weighted by atomic mass is 16.4. The first kappa shape index (κ1) is 14.8. The van der Waals surface area contributed by atoms with Crippen molar-refractivity contribution in [3.63, 3.8) is 0 Å². The molecule has 0 radical (unpaired) electrons. The van der Waals surface area contributed by atoms with E-state index in [4.69, 9.17) is 9.52 Å². The van der Waals surface area contributed by atoms with Gasteiger partial charge >= 0.3 is 11.6 Å². The Kier molecular flexibility index (Phi) is 4.07. The van der Waals surface area contributed by atoms with E-state index in [1.165, 1.54) is 13.1 Å². The number of carbonyl (C=O) groups is 2. The van der Waals surface area contributed by atoms with Crippen LogP contribution in [0.4, 0.5) is 0 Å². The van der Waals surface area contributed by atoms with Gasteiger partial charge in [0.25, 0.3) is 5.91 Å². The van der Waals surface area contributed by atoms with E-state index in [1.54, 1.807) is 31.2 Å². The molecule has 0 aliphatic rings. The SMILES string of the molecule is CCC(C(=O)O)N(C)C(=O)c1cc2ccccc2oc1=O. The summed E-state index contributed by atoms with van der Waals surface area (Å²) in [6, 6.07) is 7.25. The van der Waals surface area contributed by atoms with Crippen LogP contribution in [0.5, 0.6) is 0 Å². The topological polar surface area (TPSA) is 87.8 Å². The molecule has 2 aromatic rings. The van der Waals surface area contributed by atoms with Gasteiger partial charge in [-0.05, 0) is 18.6 Å². The molecule has 0 spiro atoms. The summed E-state index contributed by atoms with van der Waals surface area (Å²) in [6.07, 6.45) is 0.247. The lowest BCUT2D eigenvalue weighted by Gasteiger charge is -2.23. The fourth-order valence-corrected chi connectivity index (χ4v) is 2.16. The second kappa shape index (κ2) is 5.78. The summed E-state index contributed by atoms with van der Waals surface area (Å²) in [6.45, 7) is 1.66. The summed E-state index contributed by atoms with van der Waals surface area (Å²) in [7, 11) is 1.36. The number of amides is 1. The highest BCUT2D eigenvalue weighted by Gasteiger charge is 2.27. The molecule has 0 aliphatic heterocycles.